The number of rotatable bonds is 1. The molecule has 17 heavy (non-hydrogen) atoms. The van der Waals surface area contributed by atoms with Crippen LogP contribution in [-0.2, 0) is 0 Å². The van der Waals surface area contributed by atoms with E-state index in [-0.39, 0.29) is 23.4 Å². The molecule has 0 spiro atoms. The fourth-order valence-electron chi connectivity index (χ4n) is 1.60. The summed E-state index contributed by atoms with van der Waals surface area (Å²) in [6.45, 7) is 0.0684. The van der Waals surface area contributed by atoms with E-state index in [2.05, 4.69) is 5.16 Å². The first-order chi connectivity index (χ1) is 8.16. The number of hydrogen-bond donors (Lipinski definition) is 2. The number of halogens is 1. The summed E-state index contributed by atoms with van der Waals surface area (Å²) < 4.78 is 15.1. The summed E-state index contributed by atoms with van der Waals surface area (Å²) in [6, 6.07) is 3.05. The zero-order chi connectivity index (χ0) is 12.0. The van der Waals surface area contributed by atoms with E-state index in [1.54, 1.807) is 6.07 Å². The SMILES string of the molecule is Nc1cc(-c2cc3c(c(Cl)c2O)OCO3)no1. The van der Waals surface area contributed by atoms with Gasteiger partial charge in [0.05, 0.1) is 5.56 Å². The highest BCUT2D eigenvalue weighted by Crippen LogP contribution is 2.48. The van der Waals surface area contributed by atoms with Gasteiger partial charge in [-0.05, 0) is 6.07 Å². The molecule has 0 fully saturated rings. The predicted molar refractivity (Wildman–Crippen MR) is 59.1 cm³/mol. The number of ether oxygens (including phenoxy) is 2. The Bertz CT molecular complexity index is 596. The van der Waals surface area contributed by atoms with Gasteiger partial charge < -0.3 is 24.8 Å². The number of phenolic OH excluding ortho intramolecular Hbond substituents is 1. The standard InChI is InChI=1S/C10H7ClN2O4/c11-8-9(14)4(5-2-7(12)17-13-5)1-6-10(8)16-3-15-6/h1-2,14H,3,12H2. The molecular formula is C10H7ClN2O4. The Hall–Kier alpha value is -2.08. The van der Waals surface area contributed by atoms with Crippen LogP contribution in [-0.4, -0.2) is 17.1 Å². The number of benzene rings is 1. The topological polar surface area (TPSA) is 90.7 Å². The predicted octanol–water partition coefficient (Wildman–Crippen LogP) is 2.01. The molecule has 1 aromatic carbocycles. The van der Waals surface area contributed by atoms with Gasteiger partial charge in [0.15, 0.2) is 11.5 Å². The van der Waals surface area contributed by atoms with Gasteiger partial charge in [0.1, 0.15) is 16.5 Å². The van der Waals surface area contributed by atoms with Crippen molar-refractivity contribution in [3.63, 3.8) is 0 Å². The largest absolute Gasteiger partial charge is 0.506 e. The molecule has 0 saturated carbocycles. The molecule has 88 valence electrons. The van der Waals surface area contributed by atoms with Crippen molar-refractivity contribution in [2.24, 2.45) is 0 Å². The molecule has 1 aliphatic heterocycles. The highest BCUT2D eigenvalue weighted by atomic mass is 35.5. The van der Waals surface area contributed by atoms with Gasteiger partial charge in [-0.25, -0.2) is 0 Å². The number of hydrogen-bond acceptors (Lipinski definition) is 6. The molecule has 3 rings (SSSR count). The van der Waals surface area contributed by atoms with Crippen molar-refractivity contribution in [1.82, 2.24) is 5.16 Å². The molecular weight excluding hydrogens is 248 g/mol. The second kappa shape index (κ2) is 3.46. The van der Waals surface area contributed by atoms with Gasteiger partial charge >= 0.3 is 0 Å². The van der Waals surface area contributed by atoms with Crippen LogP contribution in [0.25, 0.3) is 11.3 Å². The van der Waals surface area contributed by atoms with E-state index in [0.717, 1.165) is 0 Å². The summed E-state index contributed by atoms with van der Waals surface area (Å²) in [6.07, 6.45) is 0. The van der Waals surface area contributed by atoms with Gasteiger partial charge in [-0.3, -0.25) is 0 Å². The van der Waals surface area contributed by atoms with Gasteiger partial charge in [0, 0.05) is 6.07 Å². The smallest absolute Gasteiger partial charge is 0.231 e. The van der Waals surface area contributed by atoms with E-state index in [9.17, 15) is 5.11 Å². The van der Waals surface area contributed by atoms with Crippen LogP contribution in [0.15, 0.2) is 16.7 Å². The minimum Gasteiger partial charge on any atom is -0.506 e. The second-order valence-electron chi connectivity index (χ2n) is 3.44. The van der Waals surface area contributed by atoms with Crippen molar-refractivity contribution < 1.29 is 19.1 Å². The molecule has 3 N–H and O–H groups in total. The lowest BCUT2D eigenvalue weighted by molar-refractivity contribution is 0.174. The first-order valence-electron chi connectivity index (χ1n) is 4.70. The fourth-order valence-corrected chi connectivity index (χ4v) is 1.85. The van der Waals surface area contributed by atoms with E-state index < -0.39 is 0 Å². The Balaban J connectivity index is 2.21. The van der Waals surface area contributed by atoms with Gasteiger partial charge in [0.2, 0.25) is 12.7 Å². The van der Waals surface area contributed by atoms with Crippen molar-refractivity contribution in [3.05, 3.63) is 17.2 Å². The summed E-state index contributed by atoms with van der Waals surface area (Å²) in [7, 11) is 0. The first kappa shape index (κ1) is 10.1. The zero-order valence-electron chi connectivity index (χ0n) is 8.44. The van der Waals surface area contributed by atoms with Crippen LogP contribution in [0, 0.1) is 0 Å². The van der Waals surface area contributed by atoms with Crippen LogP contribution in [0.4, 0.5) is 5.88 Å². The Morgan fingerprint density at radius 2 is 2.18 bits per heavy atom. The van der Waals surface area contributed by atoms with Gasteiger partial charge in [-0.2, -0.15) is 0 Å². The molecule has 1 aliphatic rings. The van der Waals surface area contributed by atoms with Crippen LogP contribution in [0.1, 0.15) is 0 Å². The highest BCUT2D eigenvalue weighted by molar-refractivity contribution is 6.34. The lowest BCUT2D eigenvalue weighted by Gasteiger charge is -2.05. The Morgan fingerprint density at radius 1 is 1.35 bits per heavy atom. The second-order valence-corrected chi connectivity index (χ2v) is 3.81. The number of fused-ring (bicyclic) bond motifs is 1. The Labute approximate surface area is 100 Å². The third kappa shape index (κ3) is 1.45. The van der Waals surface area contributed by atoms with Crippen LogP contribution in [0.2, 0.25) is 5.02 Å². The van der Waals surface area contributed by atoms with Crippen LogP contribution >= 0.6 is 11.6 Å². The number of phenols is 1. The lowest BCUT2D eigenvalue weighted by Crippen LogP contribution is -1.93. The first-order valence-corrected chi connectivity index (χ1v) is 5.08. The maximum Gasteiger partial charge on any atom is 0.231 e. The molecule has 0 aliphatic carbocycles. The molecule has 0 radical (unpaired) electrons. The quantitative estimate of drug-likeness (QED) is 0.809. The number of aromatic hydroxyl groups is 1. The molecule has 0 saturated heterocycles. The molecule has 0 bridgehead atoms. The molecule has 6 nitrogen and oxygen atoms in total. The van der Waals surface area contributed by atoms with Gasteiger partial charge in [-0.15, -0.1) is 0 Å². The third-order valence-corrected chi connectivity index (χ3v) is 2.73. The van der Waals surface area contributed by atoms with Crippen LogP contribution < -0.4 is 15.2 Å². The molecule has 1 aromatic heterocycles. The van der Waals surface area contributed by atoms with E-state index >= 15 is 0 Å². The average molecular weight is 255 g/mol. The average Bonchev–Trinajstić information content (AvgIpc) is 2.91. The third-order valence-electron chi connectivity index (χ3n) is 2.38. The molecule has 2 aromatic rings. The molecule has 0 unspecified atom stereocenters. The van der Waals surface area contributed by atoms with E-state index in [1.807, 2.05) is 0 Å². The van der Waals surface area contributed by atoms with Gasteiger partial charge in [-0.1, -0.05) is 16.8 Å². The highest BCUT2D eigenvalue weighted by Gasteiger charge is 2.24. The lowest BCUT2D eigenvalue weighted by atomic mass is 10.1. The Kier molecular flexibility index (Phi) is 2.05. The molecule has 0 atom stereocenters. The van der Waals surface area contributed by atoms with E-state index in [1.165, 1.54) is 6.07 Å². The fraction of sp³-hybridized carbons (Fsp3) is 0.100. The van der Waals surface area contributed by atoms with Crippen molar-refractivity contribution in [3.8, 4) is 28.5 Å². The normalized spacial score (nSPS) is 13.0. The summed E-state index contributed by atoms with van der Waals surface area (Å²) in [5.74, 6) is 0.770. The van der Waals surface area contributed by atoms with Crippen LogP contribution in [0.5, 0.6) is 17.2 Å². The number of anilines is 1. The molecule has 7 heteroatoms. The minimum atomic E-state index is -0.149. The summed E-state index contributed by atoms with van der Waals surface area (Å²) in [5.41, 5.74) is 6.17. The van der Waals surface area contributed by atoms with E-state index in [4.69, 9.17) is 31.3 Å². The maximum absolute atomic E-state index is 9.93. The monoisotopic (exact) mass is 254 g/mol. The molecule has 2 heterocycles. The summed E-state index contributed by atoms with van der Waals surface area (Å²) in [5, 5.41) is 13.7. The van der Waals surface area contributed by atoms with Crippen molar-refractivity contribution in [2.45, 2.75) is 0 Å². The van der Waals surface area contributed by atoms with Crippen molar-refractivity contribution in [1.29, 1.82) is 0 Å². The zero-order valence-corrected chi connectivity index (χ0v) is 9.19. The number of nitrogen functional groups attached to an aromatic ring is 1. The van der Waals surface area contributed by atoms with Crippen molar-refractivity contribution in [2.75, 3.05) is 12.5 Å². The van der Waals surface area contributed by atoms with E-state index in [0.29, 0.717) is 22.8 Å². The Morgan fingerprint density at radius 3 is 2.88 bits per heavy atom. The van der Waals surface area contributed by atoms with Crippen LogP contribution in [0.3, 0.4) is 0 Å². The number of nitrogens with zero attached hydrogens (tertiary/aromatic N) is 1. The number of nitrogens with two attached hydrogens (primary N) is 1. The summed E-state index contributed by atoms with van der Waals surface area (Å²) >= 11 is 5.96. The maximum atomic E-state index is 9.93. The number of aromatic nitrogens is 1. The van der Waals surface area contributed by atoms with Crippen molar-refractivity contribution >= 4 is 17.5 Å². The minimum absolute atomic E-state index is 0.0684. The van der Waals surface area contributed by atoms with Gasteiger partial charge in [0.25, 0.3) is 0 Å². The summed E-state index contributed by atoms with van der Waals surface area (Å²) in [4.78, 5) is 0. The molecule has 0 amide bonds.